The molecule has 0 saturated heterocycles. The molecule has 0 spiro atoms. The van der Waals surface area contributed by atoms with Crippen molar-refractivity contribution >= 4 is 39.5 Å². The number of benzene rings is 1. The van der Waals surface area contributed by atoms with Crippen LogP contribution in [0.1, 0.15) is 27.3 Å². The third-order valence-corrected chi connectivity index (χ3v) is 4.49. The third kappa shape index (κ3) is 3.34. The number of rotatable bonds is 5. The van der Waals surface area contributed by atoms with Gasteiger partial charge in [-0.25, -0.2) is 4.79 Å². The minimum Gasteiger partial charge on any atom is -0.481 e. The van der Waals surface area contributed by atoms with Crippen molar-refractivity contribution in [1.82, 2.24) is 4.57 Å². The van der Waals surface area contributed by atoms with Gasteiger partial charge in [0, 0.05) is 29.9 Å². The van der Waals surface area contributed by atoms with Crippen LogP contribution in [0.3, 0.4) is 0 Å². The lowest BCUT2D eigenvalue weighted by molar-refractivity contribution is -0.136. The van der Waals surface area contributed by atoms with Crippen LogP contribution >= 0.6 is 27.5 Å². The molecule has 0 fully saturated rings. The van der Waals surface area contributed by atoms with Gasteiger partial charge in [-0.2, -0.15) is 0 Å². The standard InChI is InChI=1S/C15H13BrClNO4/c1-18-10(7-12(19)20)13(15(21)22)14(16)11(18)6-8-2-4-9(17)5-3-8/h2-5H,6-7H2,1H3,(H,19,20)(H,21,22). The monoisotopic (exact) mass is 385 g/mol. The predicted molar refractivity (Wildman–Crippen MR) is 85.7 cm³/mol. The van der Waals surface area contributed by atoms with Gasteiger partial charge < -0.3 is 14.8 Å². The zero-order valence-corrected chi connectivity index (χ0v) is 14.0. The van der Waals surface area contributed by atoms with Gasteiger partial charge in [0.2, 0.25) is 0 Å². The number of carboxylic acid groups (broad SMARTS) is 2. The molecule has 1 heterocycles. The minimum atomic E-state index is -1.15. The number of halogens is 2. The van der Waals surface area contributed by atoms with Gasteiger partial charge in [0.05, 0.1) is 16.5 Å². The molecule has 0 aliphatic rings. The second-order valence-corrected chi connectivity index (χ2v) is 6.05. The van der Waals surface area contributed by atoms with Crippen molar-refractivity contribution in [1.29, 1.82) is 0 Å². The van der Waals surface area contributed by atoms with Crippen LogP contribution in [0.5, 0.6) is 0 Å². The Labute approximate surface area is 140 Å². The Morgan fingerprint density at radius 1 is 1.18 bits per heavy atom. The highest BCUT2D eigenvalue weighted by Gasteiger charge is 2.25. The maximum absolute atomic E-state index is 11.4. The summed E-state index contributed by atoms with van der Waals surface area (Å²) in [5.41, 5.74) is 1.91. The lowest BCUT2D eigenvalue weighted by Crippen LogP contribution is -2.11. The molecule has 2 N–H and O–H groups in total. The maximum atomic E-state index is 11.4. The Morgan fingerprint density at radius 2 is 1.77 bits per heavy atom. The first-order chi connectivity index (χ1) is 10.3. The first-order valence-corrected chi connectivity index (χ1v) is 7.53. The average Bonchev–Trinajstić information content (AvgIpc) is 2.65. The third-order valence-electron chi connectivity index (χ3n) is 3.39. The fourth-order valence-corrected chi connectivity index (χ4v) is 3.24. The number of carbonyl (C=O) groups is 2. The number of aromatic nitrogens is 1. The average molecular weight is 387 g/mol. The smallest absolute Gasteiger partial charge is 0.338 e. The van der Waals surface area contributed by atoms with Gasteiger partial charge in [-0.3, -0.25) is 4.79 Å². The first-order valence-electron chi connectivity index (χ1n) is 6.36. The molecule has 2 aromatic rings. The van der Waals surface area contributed by atoms with E-state index < -0.39 is 11.9 Å². The van der Waals surface area contributed by atoms with Crippen molar-refractivity contribution in [3.05, 3.63) is 56.3 Å². The molecule has 1 aromatic heterocycles. The Morgan fingerprint density at radius 3 is 2.27 bits per heavy atom. The van der Waals surface area contributed by atoms with Crippen molar-refractivity contribution in [2.75, 3.05) is 0 Å². The van der Waals surface area contributed by atoms with Crippen LogP contribution in [-0.4, -0.2) is 26.7 Å². The molecule has 0 aliphatic carbocycles. The Hall–Kier alpha value is -1.79. The molecular weight excluding hydrogens is 374 g/mol. The predicted octanol–water partition coefficient (Wildman–Crippen LogP) is 3.36. The van der Waals surface area contributed by atoms with Gasteiger partial charge in [-0.1, -0.05) is 23.7 Å². The Balaban J connectivity index is 2.49. The van der Waals surface area contributed by atoms with Gasteiger partial charge in [-0.05, 0) is 33.6 Å². The minimum absolute atomic E-state index is 0.00568. The summed E-state index contributed by atoms with van der Waals surface area (Å²) in [5, 5.41) is 18.9. The van der Waals surface area contributed by atoms with E-state index in [0.29, 0.717) is 21.6 Å². The van der Waals surface area contributed by atoms with Crippen molar-refractivity contribution in [3.63, 3.8) is 0 Å². The number of nitrogens with zero attached hydrogens (tertiary/aromatic N) is 1. The second-order valence-electron chi connectivity index (χ2n) is 4.82. The molecule has 0 unspecified atom stereocenters. The first kappa shape index (κ1) is 16.6. The summed E-state index contributed by atoms with van der Waals surface area (Å²) in [5.74, 6) is -2.23. The van der Waals surface area contributed by atoms with Crippen LogP contribution in [-0.2, 0) is 24.7 Å². The van der Waals surface area contributed by atoms with Gasteiger partial charge >= 0.3 is 11.9 Å². The summed E-state index contributed by atoms with van der Waals surface area (Å²) in [6.07, 6.45) is 0.117. The Bertz CT molecular complexity index is 737. The Kier molecular flexibility index (Phi) is 4.93. The molecular formula is C15H13BrClNO4. The second kappa shape index (κ2) is 6.54. The SMILES string of the molecule is Cn1c(Cc2ccc(Cl)cc2)c(Br)c(C(=O)O)c1CC(=O)O. The molecule has 7 heteroatoms. The summed E-state index contributed by atoms with van der Waals surface area (Å²) < 4.78 is 2.03. The summed E-state index contributed by atoms with van der Waals surface area (Å²) in [6.45, 7) is 0. The van der Waals surface area contributed by atoms with E-state index >= 15 is 0 Å². The number of carboxylic acids is 2. The lowest BCUT2D eigenvalue weighted by atomic mass is 10.1. The maximum Gasteiger partial charge on any atom is 0.338 e. The van der Waals surface area contributed by atoms with Crippen LogP contribution in [0.4, 0.5) is 0 Å². The van der Waals surface area contributed by atoms with Crippen molar-refractivity contribution in [2.24, 2.45) is 7.05 Å². The van der Waals surface area contributed by atoms with E-state index in [1.165, 1.54) is 0 Å². The molecule has 5 nitrogen and oxygen atoms in total. The molecule has 22 heavy (non-hydrogen) atoms. The van der Waals surface area contributed by atoms with E-state index in [9.17, 15) is 14.7 Å². The highest BCUT2D eigenvalue weighted by atomic mass is 79.9. The molecule has 0 atom stereocenters. The van der Waals surface area contributed by atoms with E-state index in [2.05, 4.69) is 15.9 Å². The fraction of sp³-hybridized carbons (Fsp3) is 0.200. The zero-order chi connectivity index (χ0) is 16.4. The normalized spacial score (nSPS) is 10.7. The molecule has 2 rings (SSSR count). The van der Waals surface area contributed by atoms with E-state index in [0.717, 1.165) is 5.56 Å². The molecule has 0 radical (unpaired) electrons. The largest absolute Gasteiger partial charge is 0.481 e. The van der Waals surface area contributed by atoms with Crippen LogP contribution in [0, 0.1) is 0 Å². The molecule has 1 aromatic carbocycles. The summed E-state index contributed by atoms with van der Waals surface area (Å²) in [4.78, 5) is 22.4. The van der Waals surface area contributed by atoms with Gasteiger partial charge in [0.15, 0.2) is 0 Å². The summed E-state index contributed by atoms with van der Waals surface area (Å²) >= 11 is 9.14. The quantitative estimate of drug-likeness (QED) is 0.826. The summed E-state index contributed by atoms with van der Waals surface area (Å²) in [7, 11) is 1.67. The molecule has 0 saturated carbocycles. The molecule has 0 bridgehead atoms. The highest BCUT2D eigenvalue weighted by molar-refractivity contribution is 9.10. The topological polar surface area (TPSA) is 79.5 Å². The molecule has 116 valence electrons. The highest BCUT2D eigenvalue weighted by Crippen LogP contribution is 2.30. The van der Waals surface area contributed by atoms with Crippen molar-refractivity contribution in [2.45, 2.75) is 12.8 Å². The van der Waals surface area contributed by atoms with Crippen LogP contribution in [0.2, 0.25) is 5.02 Å². The van der Waals surface area contributed by atoms with Gasteiger partial charge in [-0.15, -0.1) is 0 Å². The van der Waals surface area contributed by atoms with Crippen LogP contribution in [0.15, 0.2) is 28.7 Å². The van der Waals surface area contributed by atoms with E-state index in [1.54, 1.807) is 23.7 Å². The van der Waals surface area contributed by atoms with Crippen molar-refractivity contribution < 1.29 is 19.8 Å². The van der Waals surface area contributed by atoms with Gasteiger partial charge in [0.25, 0.3) is 0 Å². The van der Waals surface area contributed by atoms with Crippen molar-refractivity contribution in [3.8, 4) is 0 Å². The van der Waals surface area contributed by atoms with E-state index in [1.807, 2.05) is 12.1 Å². The number of hydrogen-bond acceptors (Lipinski definition) is 2. The van der Waals surface area contributed by atoms with Crippen LogP contribution < -0.4 is 0 Å². The fourth-order valence-electron chi connectivity index (χ4n) is 2.31. The number of aliphatic carboxylic acids is 1. The zero-order valence-electron chi connectivity index (χ0n) is 11.6. The number of hydrogen-bond donors (Lipinski definition) is 2. The summed E-state index contributed by atoms with van der Waals surface area (Å²) in [6, 6.07) is 7.20. The lowest BCUT2D eigenvalue weighted by Gasteiger charge is -2.07. The van der Waals surface area contributed by atoms with E-state index in [-0.39, 0.29) is 17.7 Å². The molecule has 0 aliphatic heterocycles. The van der Waals surface area contributed by atoms with E-state index in [4.69, 9.17) is 16.7 Å². The molecule has 0 amide bonds. The number of aromatic carboxylic acids is 1. The van der Waals surface area contributed by atoms with Crippen LogP contribution in [0.25, 0.3) is 0 Å². The van der Waals surface area contributed by atoms with Gasteiger partial charge in [0.1, 0.15) is 0 Å².